The molecule has 17 heavy (non-hydrogen) atoms. The third-order valence-corrected chi connectivity index (χ3v) is 2.98. The van der Waals surface area contributed by atoms with E-state index in [2.05, 4.69) is 44.1 Å². The molecule has 1 atom stereocenters. The highest BCUT2D eigenvalue weighted by Gasteiger charge is 2.12. The number of aromatic nitrogens is 2. The number of hydrogen-bond donors (Lipinski definition) is 1. The minimum absolute atomic E-state index is 0.169. The van der Waals surface area contributed by atoms with Crippen LogP contribution in [0, 0.1) is 20.8 Å². The van der Waals surface area contributed by atoms with Gasteiger partial charge in [0.25, 0.3) is 0 Å². The SMILES string of the molecule is Cc1cc(C)cc(C(C)n2nc(C)cc2N)c1. The Labute approximate surface area is 102 Å². The molecule has 1 aromatic heterocycles. The van der Waals surface area contributed by atoms with Gasteiger partial charge in [-0.3, -0.25) is 0 Å². The van der Waals surface area contributed by atoms with Gasteiger partial charge in [0.15, 0.2) is 0 Å². The van der Waals surface area contributed by atoms with Gasteiger partial charge in [-0.2, -0.15) is 5.10 Å². The number of nitrogens with two attached hydrogens (primary N) is 1. The van der Waals surface area contributed by atoms with E-state index < -0.39 is 0 Å². The predicted molar refractivity (Wildman–Crippen MR) is 71.1 cm³/mol. The smallest absolute Gasteiger partial charge is 0.122 e. The summed E-state index contributed by atoms with van der Waals surface area (Å²) in [5.74, 6) is 0.717. The lowest BCUT2D eigenvalue weighted by molar-refractivity contribution is 0.568. The molecular formula is C14H19N3. The molecule has 3 heteroatoms. The molecule has 1 heterocycles. The van der Waals surface area contributed by atoms with E-state index >= 15 is 0 Å². The molecule has 1 unspecified atom stereocenters. The molecule has 0 saturated carbocycles. The monoisotopic (exact) mass is 229 g/mol. The molecule has 3 nitrogen and oxygen atoms in total. The Hall–Kier alpha value is -1.77. The van der Waals surface area contributed by atoms with Crippen molar-refractivity contribution in [1.82, 2.24) is 9.78 Å². The van der Waals surface area contributed by atoms with Gasteiger partial charge in [0.1, 0.15) is 5.82 Å². The van der Waals surface area contributed by atoms with Gasteiger partial charge < -0.3 is 5.73 Å². The molecule has 0 amide bonds. The van der Waals surface area contributed by atoms with Crippen molar-refractivity contribution < 1.29 is 0 Å². The Bertz CT molecular complexity index is 520. The molecule has 0 radical (unpaired) electrons. The Morgan fingerprint density at radius 3 is 2.12 bits per heavy atom. The molecule has 0 bridgehead atoms. The van der Waals surface area contributed by atoms with Gasteiger partial charge in [-0.1, -0.05) is 29.3 Å². The molecule has 0 aliphatic carbocycles. The number of nitrogens with zero attached hydrogens (tertiary/aromatic N) is 2. The molecule has 2 aromatic rings. The first kappa shape index (κ1) is 11.7. The highest BCUT2D eigenvalue weighted by molar-refractivity contribution is 5.35. The number of anilines is 1. The molecule has 0 fully saturated rings. The first-order valence-electron chi connectivity index (χ1n) is 5.87. The zero-order valence-corrected chi connectivity index (χ0v) is 10.9. The van der Waals surface area contributed by atoms with Gasteiger partial charge in [0, 0.05) is 6.07 Å². The van der Waals surface area contributed by atoms with E-state index in [9.17, 15) is 0 Å². The highest BCUT2D eigenvalue weighted by Crippen LogP contribution is 2.23. The van der Waals surface area contributed by atoms with Crippen LogP contribution in [-0.4, -0.2) is 9.78 Å². The summed E-state index contributed by atoms with van der Waals surface area (Å²) in [5, 5.41) is 4.44. The van der Waals surface area contributed by atoms with Crippen LogP contribution in [0.5, 0.6) is 0 Å². The predicted octanol–water partition coefficient (Wildman–Crippen LogP) is 3.00. The lowest BCUT2D eigenvalue weighted by Crippen LogP contribution is -2.11. The van der Waals surface area contributed by atoms with Gasteiger partial charge in [-0.25, -0.2) is 4.68 Å². The van der Waals surface area contributed by atoms with Crippen LogP contribution in [0.2, 0.25) is 0 Å². The third-order valence-electron chi connectivity index (χ3n) is 2.98. The number of rotatable bonds is 2. The summed E-state index contributed by atoms with van der Waals surface area (Å²) in [5.41, 5.74) is 10.7. The summed E-state index contributed by atoms with van der Waals surface area (Å²) in [6.45, 7) is 8.31. The summed E-state index contributed by atoms with van der Waals surface area (Å²) in [7, 11) is 0. The Balaban J connectivity index is 2.43. The third kappa shape index (κ3) is 2.33. The van der Waals surface area contributed by atoms with Gasteiger partial charge in [-0.05, 0) is 33.3 Å². The molecular weight excluding hydrogens is 210 g/mol. The second-order valence-corrected chi connectivity index (χ2v) is 4.75. The number of hydrogen-bond acceptors (Lipinski definition) is 2. The maximum Gasteiger partial charge on any atom is 0.122 e. The van der Waals surface area contributed by atoms with Crippen molar-refractivity contribution in [3.05, 3.63) is 46.6 Å². The minimum atomic E-state index is 0.169. The van der Waals surface area contributed by atoms with E-state index in [4.69, 9.17) is 5.73 Å². The quantitative estimate of drug-likeness (QED) is 0.860. The van der Waals surface area contributed by atoms with Crippen molar-refractivity contribution in [2.75, 3.05) is 5.73 Å². The van der Waals surface area contributed by atoms with Crippen LogP contribution in [0.1, 0.15) is 35.3 Å². The average Bonchev–Trinajstić information content (AvgIpc) is 2.55. The van der Waals surface area contributed by atoms with Crippen molar-refractivity contribution in [3.8, 4) is 0 Å². The first-order chi connectivity index (χ1) is 7.97. The first-order valence-corrected chi connectivity index (χ1v) is 5.87. The highest BCUT2D eigenvalue weighted by atomic mass is 15.3. The lowest BCUT2D eigenvalue weighted by Gasteiger charge is -2.15. The molecule has 2 N–H and O–H groups in total. The van der Waals surface area contributed by atoms with Gasteiger partial charge in [0.05, 0.1) is 11.7 Å². The largest absolute Gasteiger partial charge is 0.384 e. The van der Waals surface area contributed by atoms with Crippen molar-refractivity contribution >= 4 is 5.82 Å². The maximum absolute atomic E-state index is 5.96. The number of benzene rings is 1. The van der Waals surface area contributed by atoms with Crippen LogP contribution in [-0.2, 0) is 0 Å². The second-order valence-electron chi connectivity index (χ2n) is 4.75. The van der Waals surface area contributed by atoms with E-state index in [1.807, 2.05) is 17.7 Å². The van der Waals surface area contributed by atoms with E-state index in [1.54, 1.807) is 0 Å². The summed E-state index contributed by atoms with van der Waals surface area (Å²) in [6.07, 6.45) is 0. The van der Waals surface area contributed by atoms with Crippen LogP contribution in [0.15, 0.2) is 24.3 Å². The standard InChI is InChI=1S/C14H19N3/c1-9-5-10(2)7-13(6-9)12(4)17-14(15)8-11(3)16-17/h5-8,12H,15H2,1-4H3. The summed E-state index contributed by atoms with van der Waals surface area (Å²) in [4.78, 5) is 0. The van der Waals surface area contributed by atoms with Crippen molar-refractivity contribution in [1.29, 1.82) is 0 Å². The number of aryl methyl sites for hydroxylation is 3. The molecule has 90 valence electrons. The van der Waals surface area contributed by atoms with Gasteiger partial charge >= 0.3 is 0 Å². The van der Waals surface area contributed by atoms with Crippen molar-refractivity contribution in [2.45, 2.75) is 33.7 Å². The van der Waals surface area contributed by atoms with Crippen LogP contribution in [0.3, 0.4) is 0 Å². The number of nitrogen functional groups attached to an aromatic ring is 1. The van der Waals surface area contributed by atoms with E-state index in [1.165, 1.54) is 16.7 Å². The van der Waals surface area contributed by atoms with Gasteiger partial charge in [0.2, 0.25) is 0 Å². The fraction of sp³-hybridized carbons (Fsp3) is 0.357. The summed E-state index contributed by atoms with van der Waals surface area (Å²) < 4.78 is 1.88. The zero-order chi connectivity index (χ0) is 12.6. The molecule has 0 saturated heterocycles. The Kier molecular flexibility index (Phi) is 2.92. The fourth-order valence-electron chi connectivity index (χ4n) is 2.24. The van der Waals surface area contributed by atoms with E-state index in [-0.39, 0.29) is 6.04 Å². The minimum Gasteiger partial charge on any atom is -0.384 e. The Morgan fingerprint density at radius 2 is 1.65 bits per heavy atom. The molecule has 0 aliphatic rings. The average molecular weight is 229 g/mol. The van der Waals surface area contributed by atoms with Crippen LogP contribution >= 0.6 is 0 Å². The van der Waals surface area contributed by atoms with Crippen molar-refractivity contribution in [2.24, 2.45) is 0 Å². The summed E-state index contributed by atoms with van der Waals surface area (Å²) >= 11 is 0. The van der Waals surface area contributed by atoms with Crippen molar-refractivity contribution in [3.63, 3.8) is 0 Å². The van der Waals surface area contributed by atoms with Crippen LogP contribution in [0.25, 0.3) is 0 Å². The lowest BCUT2D eigenvalue weighted by atomic mass is 10.0. The molecule has 0 aliphatic heterocycles. The van der Waals surface area contributed by atoms with Gasteiger partial charge in [-0.15, -0.1) is 0 Å². The molecule has 2 rings (SSSR count). The summed E-state index contributed by atoms with van der Waals surface area (Å²) in [6, 6.07) is 8.62. The van der Waals surface area contributed by atoms with Crippen LogP contribution in [0.4, 0.5) is 5.82 Å². The van der Waals surface area contributed by atoms with Crippen LogP contribution < -0.4 is 5.73 Å². The maximum atomic E-state index is 5.96. The van der Waals surface area contributed by atoms with E-state index in [0.29, 0.717) is 5.82 Å². The molecule has 1 aromatic carbocycles. The fourth-order valence-corrected chi connectivity index (χ4v) is 2.24. The zero-order valence-electron chi connectivity index (χ0n) is 10.9. The normalized spacial score (nSPS) is 12.7. The molecule has 0 spiro atoms. The second kappa shape index (κ2) is 4.24. The van der Waals surface area contributed by atoms with E-state index in [0.717, 1.165) is 5.69 Å². The Morgan fingerprint density at radius 1 is 1.06 bits per heavy atom. The topological polar surface area (TPSA) is 43.8 Å².